The predicted molar refractivity (Wildman–Crippen MR) is 78.6 cm³/mol. The van der Waals surface area contributed by atoms with Gasteiger partial charge in [0.25, 0.3) is 0 Å². The zero-order valence-corrected chi connectivity index (χ0v) is 11.8. The molecule has 2 aliphatic rings. The summed E-state index contributed by atoms with van der Waals surface area (Å²) in [6, 6.07) is 6.19. The number of nitrogens with two attached hydrogens (primary N) is 1. The first-order chi connectivity index (χ1) is 9.28. The molecule has 1 aromatic rings. The average molecular weight is 260 g/mol. The van der Waals surface area contributed by atoms with E-state index in [4.69, 9.17) is 10.5 Å². The minimum atomic E-state index is 0.579. The van der Waals surface area contributed by atoms with E-state index in [1.165, 1.54) is 56.4 Å². The van der Waals surface area contributed by atoms with Crippen LogP contribution in [0.2, 0.25) is 0 Å². The zero-order chi connectivity index (χ0) is 13.3. The lowest BCUT2D eigenvalue weighted by Gasteiger charge is -2.54. The highest BCUT2D eigenvalue weighted by molar-refractivity contribution is 5.65. The molecule has 1 aromatic carbocycles. The highest BCUT2D eigenvalue weighted by atomic mass is 16.5. The van der Waals surface area contributed by atoms with Gasteiger partial charge in [0, 0.05) is 25.0 Å². The van der Waals surface area contributed by atoms with E-state index in [0.717, 1.165) is 5.75 Å². The van der Waals surface area contributed by atoms with Gasteiger partial charge in [0.2, 0.25) is 0 Å². The van der Waals surface area contributed by atoms with E-state index in [0.29, 0.717) is 12.0 Å². The Bertz CT molecular complexity index is 422. The average Bonchev–Trinajstić information content (AvgIpc) is 2.44. The quantitative estimate of drug-likeness (QED) is 0.908. The van der Waals surface area contributed by atoms with Gasteiger partial charge >= 0.3 is 0 Å². The second kappa shape index (κ2) is 5.04. The lowest BCUT2D eigenvalue weighted by molar-refractivity contribution is 0.138. The molecule has 104 valence electrons. The molecule has 1 aliphatic heterocycles. The molecule has 1 saturated carbocycles. The molecule has 1 heterocycles. The van der Waals surface area contributed by atoms with E-state index >= 15 is 0 Å². The van der Waals surface area contributed by atoms with Gasteiger partial charge in [-0.2, -0.15) is 0 Å². The normalized spacial score (nSPS) is 21.3. The van der Waals surface area contributed by atoms with E-state index in [9.17, 15) is 0 Å². The van der Waals surface area contributed by atoms with Crippen molar-refractivity contribution in [2.45, 2.75) is 38.6 Å². The first-order valence-electron chi connectivity index (χ1n) is 7.39. The third-order valence-electron chi connectivity index (χ3n) is 4.81. The molecule has 2 N–H and O–H groups in total. The van der Waals surface area contributed by atoms with E-state index in [-0.39, 0.29) is 0 Å². The van der Waals surface area contributed by atoms with Crippen LogP contribution in [0.3, 0.4) is 0 Å². The summed E-state index contributed by atoms with van der Waals surface area (Å²) >= 11 is 0. The van der Waals surface area contributed by atoms with Crippen LogP contribution in [0.25, 0.3) is 0 Å². The number of nitrogens with zero attached hydrogens (tertiary/aromatic N) is 1. The largest absolute Gasteiger partial charge is 0.495 e. The monoisotopic (exact) mass is 260 g/mol. The number of benzene rings is 1. The zero-order valence-electron chi connectivity index (χ0n) is 11.8. The van der Waals surface area contributed by atoms with E-state index in [1.807, 2.05) is 12.1 Å². The van der Waals surface area contributed by atoms with Crippen LogP contribution in [0.5, 0.6) is 5.75 Å². The lowest BCUT2D eigenvalue weighted by Crippen LogP contribution is -2.57. The second-order valence-corrected chi connectivity index (χ2v) is 6.09. The molecule has 3 nitrogen and oxygen atoms in total. The Labute approximate surface area is 115 Å². The molecule has 3 rings (SSSR count). The summed E-state index contributed by atoms with van der Waals surface area (Å²) in [7, 11) is 1.75. The number of methoxy groups -OCH3 is 1. The van der Waals surface area contributed by atoms with E-state index in [2.05, 4.69) is 11.0 Å². The summed E-state index contributed by atoms with van der Waals surface area (Å²) in [6.45, 7) is 2.94. The molecule has 0 bridgehead atoms. The highest BCUT2D eigenvalue weighted by Gasteiger charge is 2.44. The summed E-state index contributed by atoms with van der Waals surface area (Å²) in [4.78, 5) is 2.46. The van der Waals surface area contributed by atoms with Crippen molar-refractivity contribution in [1.29, 1.82) is 0 Å². The molecule has 0 atom stereocenters. The Morgan fingerprint density at radius 2 is 1.95 bits per heavy atom. The Kier molecular flexibility index (Phi) is 3.40. The van der Waals surface area contributed by atoms with Crippen molar-refractivity contribution >= 4 is 5.69 Å². The van der Waals surface area contributed by atoms with Crippen LogP contribution in [0, 0.1) is 5.41 Å². The molecule has 0 radical (unpaired) electrons. The van der Waals surface area contributed by atoms with Gasteiger partial charge in [-0.05, 0) is 24.5 Å². The standard InChI is InChI=1S/C16H24N2O/c1-19-14-7-5-6-13(10-17)15(14)18-11-16(12-18)8-3-2-4-9-16/h5-7H,2-4,8-12,17H2,1H3. The maximum atomic E-state index is 5.88. The smallest absolute Gasteiger partial charge is 0.142 e. The van der Waals surface area contributed by atoms with Gasteiger partial charge < -0.3 is 15.4 Å². The molecule has 1 spiro atoms. The molecule has 1 saturated heterocycles. The number of para-hydroxylation sites is 1. The molecule has 3 heteroatoms. The molecular formula is C16H24N2O. The van der Waals surface area contributed by atoms with Crippen LogP contribution in [0.15, 0.2) is 18.2 Å². The van der Waals surface area contributed by atoms with Crippen molar-refractivity contribution in [2.24, 2.45) is 11.1 Å². The van der Waals surface area contributed by atoms with Crippen molar-refractivity contribution in [3.8, 4) is 5.75 Å². The number of anilines is 1. The summed E-state index contributed by atoms with van der Waals surface area (Å²) < 4.78 is 5.52. The van der Waals surface area contributed by atoms with Gasteiger partial charge in [0.15, 0.2) is 0 Å². The SMILES string of the molecule is COc1cccc(CN)c1N1CC2(CCCCC2)C1. The Balaban J connectivity index is 1.80. The number of hydrogen-bond acceptors (Lipinski definition) is 3. The van der Waals surface area contributed by atoms with Crippen molar-refractivity contribution in [3.63, 3.8) is 0 Å². The molecule has 19 heavy (non-hydrogen) atoms. The van der Waals surface area contributed by atoms with Crippen LogP contribution < -0.4 is 15.4 Å². The molecule has 1 aliphatic carbocycles. The van der Waals surface area contributed by atoms with Gasteiger partial charge in [0.1, 0.15) is 5.75 Å². The Hall–Kier alpha value is -1.22. The molecule has 0 amide bonds. The minimum Gasteiger partial charge on any atom is -0.495 e. The van der Waals surface area contributed by atoms with Crippen molar-refractivity contribution < 1.29 is 4.74 Å². The molecule has 0 aromatic heterocycles. The predicted octanol–water partition coefficient (Wildman–Crippen LogP) is 2.92. The summed E-state index contributed by atoms with van der Waals surface area (Å²) in [5, 5.41) is 0. The number of ether oxygens (including phenoxy) is 1. The van der Waals surface area contributed by atoms with Gasteiger partial charge in [0.05, 0.1) is 12.8 Å². The van der Waals surface area contributed by atoms with Crippen LogP contribution >= 0.6 is 0 Å². The first-order valence-corrected chi connectivity index (χ1v) is 7.39. The molecular weight excluding hydrogens is 236 g/mol. The van der Waals surface area contributed by atoms with Gasteiger partial charge in [-0.3, -0.25) is 0 Å². The van der Waals surface area contributed by atoms with Crippen LogP contribution in [0.4, 0.5) is 5.69 Å². The first kappa shape index (κ1) is 12.8. The summed E-state index contributed by atoms with van der Waals surface area (Å²) in [5.74, 6) is 0.966. The van der Waals surface area contributed by atoms with Crippen molar-refractivity contribution in [1.82, 2.24) is 0 Å². The van der Waals surface area contributed by atoms with Crippen LogP contribution in [0.1, 0.15) is 37.7 Å². The third kappa shape index (κ3) is 2.20. The Morgan fingerprint density at radius 3 is 2.58 bits per heavy atom. The Morgan fingerprint density at radius 1 is 1.21 bits per heavy atom. The van der Waals surface area contributed by atoms with Crippen LogP contribution in [-0.4, -0.2) is 20.2 Å². The van der Waals surface area contributed by atoms with Crippen molar-refractivity contribution in [2.75, 3.05) is 25.1 Å². The van der Waals surface area contributed by atoms with Gasteiger partial charge in [-0.1, -0.05) is 31.4 Å². The molecule has 2 fully saturated rings. The van der Waals surface area contributed by atoms with E-state index < -0.39 is 0 Å². The molecule has 0 unspecified atom stereocenters. The van der Waals surface area contributed by atoms with Crippen molar-refractivity contribution in [3.05, 3.63) is 23.8 Å². The summed E-state index contributed by atoms with van der Waals surface area (Å²) in [5.41, 5.74) is 8.89. The van der Waals surface area contributed by atoms with Gasteiger partial charge in [-0.25, -0.2) is 0 Å². The summed E-state index contributed by atoms with van der Waals surface area (Å²) in [6.07, 6.45) is 7.03. The van der Waals surface area contributed by atoms with Crippen LogP contribution in [-0.2, 0) is 6.54 Å². The topological polar surface area (TPSA) is 38.5 Å². The lowest BCUT2D eigenvalue weighted by atomic mass is 9.68. The number of rotatable bonds is 3. The number of hydrogen-bond donors (Lipinski definition) is 1. The third-order valence-corrected chi connectivity index (χ3v) is 4.81. The second-order valence-electron chi connectivity index (χ2n) is 6.09. The minimum absolute atomic E-state index is 0.579. The maximum Gasteiger partial charge on any atom is 0.142 e. The maximum absolute atomic E-state index is 5.88. The fourth-order valence-corrected chi connectivity index (χ4v) is 3.80. The fraction of sp³-hybridized carbons (Fsp3) is 0.625. The van der Waals surface area contributed by atoms with Gasteiger partial charge in [-0.15, -0.1) is 0 Å². The van der Waals surface area contributed by atoms with E-state index in [1.54, 1.807) is 7.11 Å². The fourth-order valence-electron chi connectivity index (χ4n) is 3.80. The highest BCUT2D eigenvalue weighted by Crippen LogP contribution is 2.48.